The van der Waals surface area contributed by atoms with Crippen LogP contribution in [-0.2, 0) is 0 Å². The summed E-state index contributed by atoms with van der Waals surface area (Å²) in [6, 6.07) is 16.4. The highest BCUT2D eigenvalue weighted by atomic mass is 19.1. The van der Waals surface area contributed by atoms with Gasteiger partial charge in [0.15, 0.2) is 0 Å². The Morgan fingerprint density at radius 3 is 2.64 bits per heavy atom. The minimum absolute atomic E-state index is 0.248. The van der Waals surface area contributed by atoms with Gasteiger partial charge in [-0.05, 0) is 54.6 Å². The zero-order valence-electron chi connectivity index (χ0n) is 13.2. The molecule has 5 heteroatoms. The summed E-state index contributed by atoms with van der Waals surface area (Å²) in [5, 5.41) is 1.10. The number of halogens is 1. The molecule has 0 aliphatic heterocycles. The number of rotatable bonds is 2. The lowest BCUT2D eigenvalue weighted by Crippen LogP contribution is -1.95. The van der Waals surface area contributed by atoms with E-state index in [2.05, 4.69) is 9.97 Å². The average molecular weight is 328 g/mol. The summed E-state index contributed by atoms with van der Waals surface area (Å²) in [5.41, 5.74) is 4.46. The van der Waals surface area contributed by atoms with Crippen molar-refractivity contribution in [1.82, 2.24) is 18.9 Å². The first-order chi connectivity index (χ1) is 12.3. The maximum absolute atomic E-state index is 13.1. The lowest BCUT2D eigenvalue weighted by atomic mass is 10.2. The standard InChI is InChI=1S/C20H13FN4/c21-16-5-3-14(4-6-16)18-13-24-12-17(7-8-19(24)23-18)25-11-9-15-2-1-10-22-20(15)25/h1-13H. The minimum atomic E-state index is -0.248. The third kappa shape index (κ3) is 2.29. The fourth-order valence-corrected chi connectivity index (χ4v) is 3.06. The van der Waals surface area contributed by atoms with Crippen molar-refractivity contribution < 1.29 is 4.39 Å². The summed E-state index contributed by atoms with van der Waals surface area (Å²) in [4.78, 5) is 9.07. The third-order valence-electron chi connectivity index (χ3n) is 4.30. The Hall–Kier alpha value is -3.47. The number of nitrogens with zero attached hydrogens (tertiary/aromatic N) is 4. The van der Waals surface area contributed by atoms with Gasteiger partial charge in [-0.1, -0.05) is 0 Å². The molecule has 0 atom stereocenters. The van der Waals surface area contributed by atoms with Gasteiger partial charge in [-0.25, -0.2) is 14.4 Å². The van der Waals surface area contributed by atoms with Gasteiger partial charge in [0, 0.05) is 35.7 Å². The van der Waals surface area contributed by atoms with Crippen LogP contribution < -0.4 is 0 Å². The van der Waals surface area contributed by atoms with Crippen molar-refractivity contribution in [3.8, 4) is 16.9 Å². The minimum Gasteiger partial charge on any atom is -0.304 e. The van der Waals surface area contributed by atoms with Crippen LogP contribution in [0, 0.1) is 5.82 Å². The number of fused-ring (bicyclic) bond motifs is 2. The molecule has 0 radical (unpaired) electrons. The third-order valence-corrected chi connectivity index (χ3v) is 4.30. The molecule has 0 bridgehead atoms. The molecule has 1 aromatic carbocycles. The average Bonchev–Trinajstić information content (AvgIpc) is 3.25. The van der Waals surface area contributed by atoms with Crippen molar-refractivity contribution in [3.05, 3.63) is 85.2 Å². The molecule has 5 rings (SSSR count). The van der Waals surface area contributed by atoms with Crippen LogP contribution in [0.25, 0.3) is 33.6 Å². The number of hydrogen-bond acceptors (Lipinski definition) is 2. The molecule has 0 spiro atoms. The monoisotopic (exact) mass is 328 g/mol. The van der Waals surface area contributed by atoms with Crippen LogP contribution >= 0.6 is 0 Å². The molecule has 0 fully saturated rings. The van der Waals surface area contributed by atoms with E-state index >= 15 is 0 Å². The molecule has 4 aromatic heterocycles. The van der Waals surface area contributed by atoms with Gasteiger partial charge in [0.05, 0.1) is 11.4 Å². The first-order valence-corrected chi connectivity index (χ1v) is 7.95. The highest BCUT2D eigenvalue weighted by Crippen LogP contribution is 2.22. The Kier molecular flexibility index (Phi) is 2.94. The van der Waals surface area contributed by atoms with Crippen molar-refractivity contribution in [2.24, 2.45) is 0 Å². The van der Waals surface area contributed by atoms with Crippen LogP contribution in [0.1, 0.15) is 0 Å². The van der Waals surface area contributed by atoms with Crippen molar-refractivity contribution in [1.29, 1.82) is 0 Å². The molecular formula is C20H13FN4. The lowest BCUT2D eigenvalue weighted by molar-refractivity contribution is 0.628. The Balaban J connectivity index is 1.63. The Labute approximate surface area is 142 Å². The van der Waals surface area contributed by atoms with E-state index in [1.54, 1.807) is 18.3 Å². The predicted molar refractivity (Wildman–Crippen MR) is 95.2 cm³/mol. The molecule has 4 nitrogen and oxygen atoms in total. The lowest BCUT2D eigenvalue weighted by Gasteiger charge is -2.05. The van der Waals surface area contributed by atoms with Gasteiger partial charge in [0.2, 0.25) is 0 Å². The van der Waals surface area contributed by atoms with E-state index in [0.29, 0.717) is 0 Å². The maximum atomic E-state index is 13.1. The molecule has 25 heavy (non-hydrogen) atoms. The second-order valence-electron chi connectivity index (χ2n) is 5.89. The van der Waals surface area contributed by atoms with Crippen molar-refractivity contribution in [3.63, 3.8) is 0 Å². The quantitative estimate of drug-likeness (QED) is 0.479. The van der Waals surface area contributed by atoms with Crippen molar-refractivity contribution in [2.45, 2.75) is 0 Å². The summed E-state index contributed by atoms with van der Waals surface area (Å²) in [7, 11) is 0. The fraction of sp³-hybridized carbons (Fsp3) is 0. The fourth-order valence-electron chi connectivity index (χ4n) is 3.06. The van der Waals surface area contributed by atoms with Gasteiger partial charge in [0.1, 0.15) is 17.1 Å². The molecule has 0 N–H and O–H groups in total. The van der Waals surface area contributed by atoms with E-state index < -0.39 is 0 Å². The number of hydrogen-bond donors (Lipinski definition) is 0. The summed E-state index contributed by atoms with van der Waals surface area (Å²) >= 11 is 0. The Bertz CT molecular complexity index is 1200. The van der Waals surface area contributed by atoms with E-state index in [9.17, 15) is 4.39 Å². The number of imidazole rings is 1. The van der Waals surface area contributed by atoms with Gasteiger partial charge < -0.3 is 4.40 Å². The van der Waals surface area contributed by atoms with Crippen LogP contribution in [-0.4, -0.2) is 18.9 Å². The van der Waals surface area contributed by atoms with Crippen LogP contribution in [0.15, 0.2) is 79.4 Å². The second-order valence-corrected chi connectivity index (χ2v) is 5.89. The molecular weight excluding hydrogens is 315 g/mol. The van der Waals surface area contributed by atoms with E-state index in [1.807, 2.05) is 57.9 Å². The molecule has 0 aliphatic rings. The van der Waals surface area contributed by atoms with E-state index in [0.717, 1.165) is 33.6 Å². The van der Waals surface area contributed by atoms with Gasteiger partial charge in [0.25, 0.3) is 0 Å². The second kappa shape index (κ2) is 5.27. The van der Waals surface area contributed by atoms with Crippen LogP contribution in [0.2, 0.25) is 0 Å². The predicted octanol–water partition coefficient (Wildman–Crippen LogP) is 4.48. The molecule has 0 saturated heterocycles. The van der Waals surface area contributed by atoms with E-state index in [4.69, 9.17) is 0 Å². The highest BCUT2D eigenvalue weighted by molar-refractivity contribution is 5.78. The van der Waals surface area contributed by atoms with Crippen LogP contribution in [0.5, 0.6) is 0 Å². The SMILES string of the molecule is Fc1ccc(-c2cn3cc(-n4ccc5cccnc54)ccc3n2)cc1. The summed E-state index contributed by atoms with van der Waals surface area (Å²) in [6.07, 6.45) is 7.77. The van der Waals surface area contributed by atoms with Gasteiger partial charge in [-0.15, -0.1) is 0 Å². The van der Waals surface area contributed by atoms with Crippen molar-refractivity contribution >= 4 is 16.7 Å². The zero-order valence-corrected chi connectivity index (χ0v) is 13.2. The summed E-state index contributed by atoms with van der Waals surface area (Å²) in [5.74, 6) is -0.248. The molecule has 5 aromatic rings. The highest BCUT2D eigenvalue weighted by Gasteiger charge is 2.08. The summed E-state index contributed by atoms with van der Waals surface area (Å²) < 4.78 is 17.1. The topological polar surface area (TPSA) is 35.1 Å². The van der Waals surface area contributed by atoms with E-state index in [1.165, 1.54) is 12.1 Å². The zero-order chi connectivity index (χ0) is 16.8. The molecule has 0 saturated carbocycles. The molecule has 0 aliphatic carbocycles. The largest absolute Gasteiger partial charge is 0.304 e. The maximum Gasteiger partial charge on any atom is 0.144 e. The summed E-state index contributed by atoms with van der Waals surface area (Å²) in [6.45, 7) is 0. The van der Waals surface area contributed by atoms with Gasteiger partial charge in [-0.2, -0.15) is 0 Å². The first-order valence-electron chi connectivity index (χ1n) is 7.95. The number of benzene rings is 1. The number of pyridine rings is 2. The van der Waals surface area contributed by atoms with Crippen molar-refractivity contribution in [2.75, 3.05) is 0 Å². The van der Waals surface area contributed by atoms with Crippen LogP contribution in [0.4, 0.5) is 4.39 Å². The Morgan fingerprint density at radius 1 is 0.880 bits per heavy atom. The smallest absolute Gasteiger partial charge is 0.144 e. The van der Waals surface area contributed by atoms with Crippen LogP contribution in [0.3, 0.4) is 0 Å². The number of aromatic nitrogens is 4. The molecule has 120 valence electrons. The normalized spacial score (nSPS) is 11.4. The molecule has 0 unspecified atom stereocenters. The van der Waals surface area contributed by atoms with Gasteiger partial charge >= 0.3 is 0 Å². The molecule has 4 heterocycles. The first kappa shape index (κ1) is 13.9. The Morgan fingerprint density at radius 2 is 1.76 bits per heavy atom. The molecule has 0 amide bonds. The van der Waals surface area contributed by atoms with E-state index in [-0.39, 0.29) is 5.82 Å². The van der Waals surface area contributed by atoms with Gasteiger partial charge in [-0.3, -0.25) is 4.57 Å².